The molecule has 1 aromatic heterocycles. The first-order valence-electron chi connectivity index (χ1n) is 6.70. The molecule has 0 bridgehead atoms. The maximum atomic E-state index is 5.76. The van der Waals surface area contributed by atoms with Crippen LogP contribution in [0.25, 0.3) is 0 Å². The standard InChI is InChI=1S/C16H21NO2S/c1-11(2)19-13-7-5-6-12(8-13)16(17-3)15-9-14(18-4)10-20-15/h5-11,16-17H,1-4H3. The van der Waals surface area contributed by atoms with Gasteiger partial charge in [0, 0.05) is 10.3 Å². The average Bonchev–Trinajstić information content (AvgIpc) is 2.88. The summed E-state index contributed by atoms with van der Waals surface area (Å²) >= 11 is 1.69. The maximum absolute atomic E-state index is 5.76. The highest BCUT2D eigenvalue weighted by Crippen LogP contribution is 2.32. The van der Waals surface area contributed by atoms with E-state index in [9.17, 15) is 0 Å². The van der Waals surface area contributed by atoms with Gasteiger partial charge in [0.1, 0.15) is 11.5 Å². The molecule has 2 aromatic rings. The predicted molar refractivity (Wildman–Crippen MR) is 84.0 cm³/mol. The molecular weight excluding hydrogens is 270 g/mol. The normalized spacial score (nSPS) is 12.4. The van der Waals surface area contributed by atoms with Crippen molar-refractivity contribution in [1.29, 1.82) is 0 Å². The molecule has 0 aliphatic rings. The molecule has 0 radical (unpaired) electrons. The van der Waals surface area contributed by atoms with E-state index in [1.165, 1.54) is 10.4 Å². The van der Waals surface area contributed by atoms with Crippen LogP contribution in [0.1, 0.15) is 30.3 Å². The third kappa shape index (κ3) is 3.52. The third-order valence-corrected chi connectivity index (χ3v) is 3.94. The lowest BCUT2D eigenvalue weighted by Crippen LogP contribution is -2.16. The zero-order valence-electron chi connectivity index (χ0n) is 12.3. The monoisotopic (exact) mass is 291 g/mol. The zero-order chi connectivity index (χ0) is 14.5. The first-order valence-corrected chi connectivity index (χ1v) is 7.58. The molecule has 108 valence electrons. The molecular formula is C16H21NO2S. The van der Waals surface area contributed by atoms with Crippen molar-refractivity contribution in [3.8, 4) is 11.5 Å². The van der Waals surface area contributed by atoms with Crippen molar-refractivity contribution in [3.63, 3.8) is 0 Å². The Morgan fingerprint density at radius 1 is 1.15 bits per heavy atom. The first-order chi connectivity index (χ1) is 9.63. The Balaban J connectivity index is 2.26. The van der Waals surface area contributed by atoms with Crippen molar-refractivity contribution < 1.29 is 9.47 Å². The molecule has 3 nitrogen and oxygen atoms in total. The summed E-state index contributed by atoms with van der Waals surface area (Å²) < 4.78 is 11.0. The Bertz CT molecular complexity index is 551. The molecule has 0 saturated heterocycles. The van der Waals surface area contributed by atoms with E-state index in [4.69, 9.17) is 9.47 Å². The number of ether oxygens (including phenoxy) is 2. The van der Waals surface area contributed by atoms with Crippen molar-refractivity contribution in [2.45, 2.75) is 26.0 Å². The minimum atomic E-state index is 0.152. The Morgan fingerprint density at radius 2 is 1.95 bits per heavy atom. The second kappa shape index (κ2) is 6.77. The fourth-order valence-electron chi connectivity index (χ4n) is 2.11. The lowest BCUT2D eigenvalue weighted by atomic mass is 10.1. The zero-order valence-corrected chi connectivity index (χ0v) is 13.2. The molecule has 20 heavy (non-hydrogen) atoms. The van der Waals surface area contributed by atoms with E-state index in [1.807, 2.05) is 38.4 Å². The van der Waals surface area contributed by atoms with E-state index in [1.54, 1.807) is 18.4 Å². The van der Waals surface area contributed by atoms with Gasteiger partial charge in [0.05, 0.1) is 19.3 Å². The highest BCUT2D eigenvalue weighted by atomic mass is 32.1. The summed E-state index contributed by atoms with van der Waals surface area (Å²) in [5, 5.41) is 5.37. The molecule has 1 heterocycles. The van der Waals surface area contributed by atoms with E-state index in [0.717, 1.165) is 11.5 Å². The van der Waals surface area contributed by atoms with Crippen LogP contribution >= 0.6 is 11.3 Å². The first kappa shape index (κ1) is 14.9. The van der Waals surface area contributed by atoms with Crippen LogP contribution in [-0.4, -0.2) is 20.3 Å². The molecule has 1 aromatic carbocycles. The highest BCUT2D eigenvalue weighted by molar-refractivity contribution is 7.10. The molecule has 0 fully saturated rings. The van der Waals surface area contributed by atoms with Gasteiger partial charge in [-0.1, -0.05) is 12.1 Å². The van der Waals surface area contributed by atoms with E-state index >= 15 is 0 Å². The van der Waals surface area contributed by atoms with Gasteiger partial charge in [-0.3, -0.25) is 0 Å². The highest BCUT2D eigenvalue weighted by Gasteiger charge is 2.15. The van der Waals surface area contributed by atoms with Crippen molar-refractivity contribution >= 4 is 11.3 Å². The predicted octanol–water partition coefficient (Wildman–Crippen LogP) is 3.85. The van der Waals surface area contributed by atoms with E-state index in [-0.39, 0.29) is 12.1 Å². The summed E-state index contributed by atoms with van der Waals surface area (Å²) in [5.41, 5.74) is 1.19. The summed E-state index contributed by atoms with van der Waals surface area (Å²) in [7, 11) is 3.66. The molecule has 2 rings (SSSR count). The van der Waals surface area contributed by atoms with Gasteiger partial charge < -0.3 is 14.8 Å². The number of hydrogen-bond donors (Lipinski definition) is 1. The van der Waals surface area contributed by atoms with Crippen LogP contribution in [0.2, 0.25) is 0 Å². The summed E-state index contributed by atoms with van der Waals surface area (Å²) in [6.07, 6.45) is 0.181. The topological polar surface area (TPSA) is 30.5 Å². The number of hydrogen-bond acceptors (Lipinski definition) is 4. The van der Waals surface area contributed by atoms with Crippen LogP contribution in [0, 0.1) is 0 Å². The molecule has 0 spiro atoms. The van der Waals surface area contributed by atoms with E-state index in [0.29, 0.717) is 0 Å². The van der Waals surface area contributed by atoms with Gasteiger partial charge in [-0.15, -0.1) is 11.3 Å². The number of benzene rings is 1. The van der Waals surface area contributed by atoms with Crippen LogP contribution in [0.5, 0.6) is 11.5 Å². The van der Waals surface area contributed by atoms with Crippen LogP contribution in [0.3, 0.4) is 0 Å². The summed E-state index contributed by atoms with van der Waals surface area (Å²) in [6.45, 7) is 4.07. The lowest BCUT2D eigenvalue weighted by Gasteiger charge is -2.17. The number of rotatable bonds is 6. The molecule has 1 atom stereocenters. The largest absolute Gasteiger partial charge is 0.496 e. The Morgan fingerprint density at radius 3 is 2.55 bits per heavy atom. The quantitative estimate of drug-likeness (QED) is 0.877. The van der Waals surface area contributed by atoms with Gasteiger partial charge in [-0.2, -0.15) is 0 Å². The second-order valence-electron chi connectivity index (χ2n) is 4.85. The van der Waals surface area contributed by atoms with Gasteiger partial charge in [0.25, 0.3) is 0 Å². The van der Waals surface area contributed by atoms with Crippen molar-refractivity contribution in [3.05, 3.63) is 46.2 Å². The molecule has 1 N–H and O–H groups in total. The molecule has 0 amide bonds. The van der Waals surface area contributed by atoms with Crippen LogP contribution in [0.15, 0.2) is 35.7 Å². The molecule has 4 heteroatoms. The van der Waals surface area contributed by atoms with E-state index in [2.05, 4.69) is 23.5 Å². The van der Waals surface area contributed by atoms with Gasteiger partial charge in [-0.05, 0) is 44.7 Å². The average molecular weight is 291 g/mol. The van der Waals surface area contributed by atoms with Gasteiger partial charge in [0.2, 0.25) is 0 Å². The van der Waals surface area contributed by atoms with Crippen molar-refractivity contribution in [1.82, 2.24) is 5.32 Å². The lowest BCUT2D eigenvalue weighted by molar-refractivity contribution is 0.242. The van der Waals surface area contributed by atoms with Gasteiger partial charge >= 0.3 is 0 Å². The van der Waals surface area contributed by atoms with Crippen LogP contribution < -0.4 is 14.8 Å². The summed E-state index contributed by atoms with van der Waals surface area (Å²) in [5.74, 6) is 1.81. The summed E-state index contributed by atoms with van der Waals surface area (Å²) in [6, 6.07) is 10.4. The van der Waals surface area contributed by atoms with Crippen LogP contribution in [-0.2, 0) is 0 Å². The molecule has 0 saturated carbocycles. The number of nitrogens with one attached hydrogen (secondary N) is 1. The fourth-order valence-corrected chi connectivity index (χ4v) is 3.10. The van der Waals surface area contributed by atoms with E-state index < -0.39 is 0 Å². The van der Waals surface area contributed by atoms with Crippen molar-refractivity contribution in [2.75, 3.05) is 14.2 Å². The molecule has 0 aliphatic heterocycles. The Hall–Kier alpha value is -1.52. The van der Waals surface area contributed by atoms with Crippen molar-refractivity contribution in [2.24, 2.45) is 0 Å². The Kier molecular flexibility index (Phi) is 5.04. The summed E-state index contributed by atoms with van der Waals surface area (Å²) in [4.78, 5) is 1.23. The minimum Gasteiger partial charge on any atom is -0.496 e. The molecule has 1 unspecified atom stereocenters. The second-order valence-corrected chi connectivity index (χ2v) is 5.79. The third-order valence-electron chi connectivity index (χ3n) is 2.97. The minimum absolute atomic E-state index is 0.152. The fraction of sp³-hybridized carbons (Fsp3) is 0.375. The van der Waals surface area contributed by atoms with Gasteiger partial charge in [-0.25, -0.2) is 0 Å². The smallest absolute Gasteiger partial charge is 0.129 e. The van der Waals surface area contributed by atoms with Gasteiger partial charge in [0.15, 0.2) is 0 Å². The maximum Gasteiger partial charge on any atom is 0.129 e. The molecule has 0 aliphatic carbocycles. The number of methoxy groups -OCH3 is 1. The number of thiophene rings is 1. The SMILES string of the molecule is CNC(c1cccc(OC(C)C)c1)c1cc(OC)cs1. The van der Waals surface area contributed by atoms with Crippen LogP contribution in [0.4, 0.5) is 0 Å². The Labute approximate surface area is 124 Å².